The average molecular weight is 336 g/mol. The molecular formula is C16H17FN2O3S. The van der Waals surface area contributed by atoms with E-state index in [1.807, 2.05) is 0 Å². The van der Waals surface area contributed by atoms with Crippen molar-refractivity contribution in [3.05, 3.63) is 53.3 Å². The number of para-hydroxylation sites is 1. The summed E-state index contributed by atoms with van der Waals surface area (Å²) in [5.41, 5.74) is 1.31. The Morgan fingerprint density at radius 3 is 2.17 bits per heavy atom. The van der Waals surface area contributed by atoms with Crippen molar-refractivity contribution >= 4 is 27.3 Å². The van der Waals surface area contributed by atoms with E-state index in [2.05, 4.69) is 10.0 Å². The largest absolute Gasteiger partial charge is 0.326 e. The first-order valence-corrected chi connectivity index (χ1v) is 8.35. The highest BCUT2D eigenvalue weighted by molar-refractivity contribution is 7.92. The van der Waals surface area contributed by atoms with E-state index in [0.29, 0.717) is 16.8 Å². The zero-order valence-corrected chi connectivity index (χ0v) is 13.8. The standard InChI is InChI=1S/C16H17FN2O3S/c1-10-8-13(18-12(3)20)9-11(2)16(10)23(21,22)19-15-7-5-4-6-14(15)17/h4-9,19H,1-3H3,(H,18,20). The predicted molar refractivity (Wildman–Crippen MR) is 87.4 cm³/mol. The number of anilines is 2. The lowest BCUT2D eigenvalue weighted by Crippen LogP contribution is -2.17. The summed E-state index contributed by atoms with van der Waals surface area (Å²) in [7, 11) is -3.95. The van der Waals surface area contributed by atoms with Gasteiger partial charge in [0.15, 0.2) is 0 Å². The third-order valence-electron chi connectivity index (χ3n) is 3.17. The molecule has 0 aliphatic carbocycles. The number of hydrogen-bond acceptors (Lipinski definition) is 3. The van der Waals surface area contributed by atoms with E-state index >= 15 is 0 Å². The molecule has 2 N–H and O–H groups in total. The minimum absolute atomic E-state index is 0.0647. The van der Waals surface area contributed by atoms with Gasteiger partial charge >= 0.3 is 0 Å². The molecule has 0 aliphatic rings. The Kier molecular flexibility index (Phi) is 4.70. The van der Waals surface area contributed by atoms with Crippen molar-refractivity contribution in [1.82, 2.24) is 0 Å². The van der Waals surface area contributed by atoms with Gasteiger partial charge in [-0.1, -0.05) is 12.1 Å². The molecule has 122 valence electrons. The monoisotopic (exact) mass is 336 g/mol. The van der Waals surface area contributed by atoms with E-state index in [4.69, 9.17) is 0 Å². The van der Waals surface area contributed by atoms with Crippen molar-refractivity contribution in [2.75, 3.05) is 10.0 Å². The van der Waals surface area contributed by atoms with E-state index in [-0.39, 0.29) is 16.5 Å². The molecule has 0 saturated heterocycles. The van der Waals surface area contributed by atoms with Gasteiger partial charge in [0, 0.05) is 12.6 Å². The molecule has 0 fully saturated rings. The van der Waals surface area contributed by atoms with Gasteiger partial charge < -0.3 is 5.32 Å². The number of nitrogens with one attached hydrogen (secondary N) is 2. The molecule has 0 spiro atoms. The first-order chi connectivity index (χ1) is 10.7. The van der Waals surface area contributed by atoms with Crippen LogP contribution < -0.4 is 10.0 Å². The van der Waals surface area contributed by atoms with Crippen molar-refractivity contribution in [2.24, 2.45) is 0 Å². The maximum Gasteiger partial charge on any atom is 0.262 e. The zero-order chi connectivity index (χ0) is 17.2. The first-order valence-electron chi connectivity index (χ1n) is 6.87. The second-order valence-corrected chi connectivity index (χ2v) is 6.82. The van der Waals surface area contributed by atoms with Crippen LogP contribution in [0.4, 0.5) is 15.8 Å². The molecule has 0 heterocycles. The lowest BCUT2D eigenvalue weighted by Gasteiger charge is -2.15. The second-order valence-electron chi connectivity index (χ2n) is 5.21. The molecular weight excluding hydrogens is 319 g/mol. The number of benzene rings is 2. The summed E-state index contributed by atoms with van der Waals surface area (Å²) < 4.78 is 41.1. The Morgan fingerprint density at radius 2 is 1.65 bits per heavy atom. The SMILES string of the molecule is CC(=O)Nc1cc(C)c(S(=O)(=O)Nc2ccccc2F)c(C)c1. The molecule has 7 heteroatoms. The van der Waals surface area contributed by atoms with Crippen molar-refractivity contribution in [2.45, 2.75) is 25.7 Å². The van der Waals surface area contributed by atoms with Crippen LogP contribution in [-0.4, -0.2) is 14.3 Å². The Morgan fingerprint density at radius 1 is 1.09 bits per heavy atom. The number of hydrogen-bond donors (Lipinski definition) is 2. The molecule has 23 heavy (non-hydrogen) atoms. The van der Waals surface area contributed by atoms with Gasteiger partial charge in [0.05, 0.1) is 10.6 Å². The molecule has 0 saturated carbocycles. The van der Waals surface area contributed by atoms with Crippen LogP contribution in [-0.2, 0) is 14.8 Å². The van der Waals surface area contributed by atoms with Crippen molar-refractivity contribution in [1.29, 1.82) is 0 Å². The fraction of sp³-hybridized carbons (Fsp3) is 0.188. The maximum absolute atomic E-state index is 13.7. The zero-order valence-electron chi connectivity index (χ0n) is 13.0. The van der Waals surface area contributed by atoms with Crippen molar-refractivity contribution in [3.8, 4) is 0 Å². The van der Waals surface area contributed by atoms with Crippen LogP contribution in [0.3, 0.4) is 0 Å². The van der Waals surface area contributed by atoms with Gasteiger partial charge in [-0.2, -0.15) is 0 Å². The number of sulfonamides is 1. The van der Waals surface area contributed by atoms with Gasteiger partial charge in [-0.15, -0.1) is 0 Å². The van der Waals surface area contributed by atoms with Crippen LogP contribution in [0, 0.1) is 19.7 Å². The summed E-state index contributed by atoms with van der Waals surface area (Å²) >= 11 is 0. The Bertz CT molecular complexity index is 840. The van der Waals surface area contributed by atoms with E-state index in [1.54, 1.807) is 32.0 Å². The van der Waals surface area contributed by atoms with Gasteiger partial charge in [0.2, 0.25) is 5.91 Å². The fourth-order valence-corrected chi connectivity index (χ4v) is 3.91. The van der Waals surface area contributed by atoms with Gasteiger partial charge in [-0.05, 0) is 49.2 Å². The van der Waals surface area contributed by atoms with Gasteiger partial charge in [-0.25, -0.2) is 12.8 Å². The number of carbonyl (C=O) groups is 1. The van der Waals surface area contributed by atoms with E-state index < -0.39 is 15.8 Å². The summed E-state index contributed by atoms with van der Waals surface area (Å²) in [6.45, 7) is 4.61. The summed E-state index contributed by atoms with van der Waals surface area (Å²) in [6, 6.07) is 8.67. The molecule has 1 amide bonds. The second kappa shape index (κ2) is 6.37. The van der Waals surface area contributed by atoms with E-state index in [0.717, 1.165) is 0 Å². The molecule has 5 nitrogen and oxygen atoms in total. The normalized spacial score (nSPS) is 11.1. The minimum Gasteiger partial charge on any atom is -0.326 e. The number of amides is 1. The number of carbonyl (C=O) groups excluding carboxylic acids is 1. The molecule has 0 aliphatic heterocycles. The minimum atomic E-state index is -3.95. The van der Waals surface area contributed by atoms with Crippen LogP contribution in [0.25, 0.3) is 0 Å². The summed E-state index contributed by atoms with van der Waals surface area (Å²) in [5, 5.41) is 2.61. The molecule has 2 aromatic carbocycles. The van der Waals surface area contributed by atoms with Crippen molar-refractivity contribution in [3.63, 3.8) is 0 Å². The lowest BCUT2D eigenvalue weighted by atomic mass is 10.1. The lowest BCUT2D eigenvalue weighted by molar-refractivity contribution is -0.114. The molecule has 2 aromatic rings. The number of rotatable bonds is 4. The Labute approximate surface area is 134 Å². The third kappa shape index (κ3) is 3.87. The maximum atomic E-state index is 13.7. The van der Waals surface area contributed by atoms with Gasteiger partial charge in [0.25, 0.3) is 10.0 Å². The smallest absolute Gasteiger partial charge is 0.262 e. The van der Waals surface area contributed by atoms with Crippen LogP contribution in [0.2, 0.25) is 0 Å². The molecule has 0 unspecified atom stereocenters. The highest BCUT2D eigenvalue weighted by Gasteiger charge is 2.21. The molecule has 0 radical (unpaired) electrons. The van der Waals surface area contributed by atoms with Crippen LogP contribution in [0.15, 0.2) is 41.3 Å². The summed E-state index contributed by atoms with van der Waals surface area (Å²) in [6.07, 6.45) is 0. The molecule has 2 rings (SSSR count). The molecule has 0 atom stereocenters. The topological polar surface area (TPSA) is 75.3 Å². The molecule has 0 bridgehead atoms. The highest BCUT2D eigenvalue weighted by atomic mass is 32.2. The number of aryl methyl sites for hydroxylation is 2. The van der Waals surface area contributed by atoms with Gasteiger partial charge in [-0.3, -0.25) is 9.52 Å². The Hall–Kier alpha value is -2.41. The predicted octanol–water partition coefficient (Wildman–Crippen LogP) is 3.20. The third-order valence-corrected chi connectivity index (χ3v) is 4.84. The highest BCUT2D eigenvalue weighted by Crippen LogP contribution is 2.27. The van der Waals surface area contributed by atoms with Crippen LogP contribution in [0.1, 0.15) is 18.1 Å². The Balaban J connectivity index is 2.44. The van der Waals surface area contributed by atoms with Crippen molar-refractivity contribution < 1.29 is 17.6 Å². The van der Waals surface area contributed by atoms with Gasteiger partial charge in [0.1, 0.15) is 5.82 Å². The molecule has 0 aromatic heterocycles. The number of halogens is 1. The first kappa shape index (κ1) is 17.0. The van der Waals surface area contributed by atoms with E-state index in [9.17, 15) is 17.6 Å². The van der Waals surface area contributed by atoms with Crippen LogP contribution in [0.5, 0.6) is 0 Å². The van der Waals surface area contributed by atoms with E-state index in [1.165, 1.54) is 25.1 Å². The van der Waals surface area contributed by atoms with Crippen LogP contribution >= 0.6 is 0 Å². The summed E-state index contributed by atoms with van der Waals surface area (Å²) in [5.74, 6) is -0.898. The summed E-state index contributed by atoms with van der Waals surface area (Å²) in [4.78, 5) is 11.2. The average Bonchev–Trinajstić information content (AvgIpc) is 2.39. The quantitative estimate of drug-likeness (QED) is 0.900. The fourth-order valence-electron chi connectivity index (χ4n) is 2.39.